The Bertz CT molecular complexity index is 693. The maximum atomic E-state index is 11.3. The normalized spacial score (nSPS) is 10.3. The number of carbonyl (C=O) groups is 2. The molecular formula is C12H12N4O4. The van der Waals surface area contributed by atoms with Crippen molar-refractivity contribution in [3.05, 3.63) is 35.4 Å². The topological polar surface area (TPSA) is 120 Å². The Morgan fingerprint density at radius 1 is 1.40 bits per heavy atom. The number of methoxy groups -OCH3 is 1. The zero-order chi connectivity index (χ0) is 14.9. The number of aromatic carboxylic acids is 1. The Kier molecular flexibility index (Phi) is 3.38. The lowest BCUT2D eigenvalue weighted by Gasteiger charge is -2.08. The largest absolute Gasteiger partial charge is 0.478 e. The number of benzene rings is 1. The van der Waals surface area contributed by atoms with Crippen molar-refractivity contribution in [3.8, 4) is 5.69 Å². The van der Waals surface area contributed by atoms with Gasteiger partial charge in [0.25, 0.3) is 5.82 Å². The molecular weight excluding hydrogens is 264 g/mol. The zero-order valence-corrected chi connectivity index (χ0v) is 10.8. The van der Waals surface area contributed by atoms with Crippen molar-refractivity contribution in [2.24, 2.45) is 0 Å². The number of anilines is 1. The van der Waals surface area contributed by atoms with Crippen LogP contribution >= 0.6 is 0 Å². The first-order chi connectivity index (χ1) is 9.43. The summed E-state index contributed by atoms with van der Waals surface area (Å²) in [4.78, 5) is 26.2. The van der Waals surface area contributed by atoms with Crippen LogP contribution in [0.1, 0.15) is 26.5 Å². The van der Waals surface area contributed by atoms with Gasteiger partial charge in [-0.25, -0.2) is 19.3 Å². The average Bonchev–Trinajstić information content (AvgIpc) is 2.90. The van der Waals surface area contributed by atoms with E-state index >= 15 is 0 Å². The fraction of sp³-hybridized carbons (Fsp3) is 0.167. The predicted molar refractivity (Wildman–Crippen MR) is 68.8 cm³/mol. The number of aromatic nitrogens is 3. The van der Waals surface area contributed by atoms with Crippen LogP contribution in [0.25, 0.3) is 5.69 Å². The molecule has 0 spiro atoms. The molecule has 8 nitrogen and oxygen atoms in total. The zero-order valence-electron chi connectivity index (χ0n) is 10.8. The van der Waals surface area contributed by atoms with E-state index in [9.17, 15) is 9.59 Å². The lowest BCUT2D eigenvalue weighted by atomic mass is 10.1. The van der Waals surface area contributed by atoms with E-state index in [0.29, 0.717) is 11.3 Å². The smallest absolute Gasteiger partial charge is 0.377 e. The van der Waals surface area contributed by atoms with Crippen molar-refractivity contribution in [1.82, 2.24) is 14.8 Å². The van der Waals surface area contributed by atoms with Gasteiger partial charge in [-0.3, -0.25) is 0 Å². The molecule has 0 fully saturated rings. The van der Waals surface area contributed by atoms with Crippen molar-refractivity contribution in [2.45, 2.75) is 6.92 Å². The van der Waals surface area contributed by atoms with Crippen LogP contribution in [0.15, 0.2) is 18.5 Å². The monoisotopic (exact) mass is 276 g/mol. The number of hydrogen-bond donors (Lipinski definition) is 2. The molecule has 0 amide bonds. The van der Waals surface area contributed by atoms with Crippen LogP contribution in [0.3, 0.4) is 0 Å². The molecule has 0 bridgehead atoms. The molecule has 0 atom stereocenters. The van der Waals surface area contributed by atoms with Gasteiger partial charge >= 0.3 is 11.9 Å². The van der Waals surface area contributed by atoms with Gasteiger partial charge in [-0.2, -0.15) is 0 Å². The summed E-state index contributed by atoms with van der Waals surface area (Å²) in [6, 6.07) is 3.01. The number of carbonyl (C=O) groups excluding carboxylic acids is 1. The van der Waals surface area contributed by atoms with Gasteiger partial charge < -0.3 is 15.6 Å². The van der Waals surface area contributed by atoms with Gasteiger partial charge in [-0.05, 0) is 24.6 Å². The molecule has 1 aromatic heterocycles. The summed E-state index contributed by atoms with van der Waals surface area (Å²) in [6.45, 7) is 1.68. The first kappa shape index (κ1) is 13.5. The first-order valence-electron chi connectivity index (χ1n) is 5.57. The molecule has 2 aromatic rings. The second-order valence-electron chi connectivity index (χ2n) is 4.03. The number of ether oxygens (including phenoxy) is 1. The van der Waals surface area contributed by atoms with E-state index in [0.717, 1.165) is 0 Å². The highest BCUT2D eigenvalue weighted by Crippen LogP contribution is 2.21. The minimum Gasteiger partial charge on any atom is -0.478 e. The van der Waals surface area contributed by atoms with E-state index in [-0.39, 0.29) is 17.1 Å². The molecule has 0 aliphatic carbocycles. The molecule has 2 rings (SSSR count). The Labute approximate surface area is 113 Å². The predicted octanol–water partition coefficient (Wildman–Crippen LogP) is 0.643. The quantitative estimate of drug-likeness (QED) is 0.623. The van der Waals surface area contributed by atoms with Gasteiger partial charge in [0.1, 0.15) is 6.33 Å². The molecule has 0 saturated carbocycles. The summed E-state index contributed by atoms with van der Waals surface area (Å²) in [6.07, 6.45) is 1.29. The Morgan fingerprint density at radius 2 is 2.10 bits per heavy atom. The lowest BCUT2D eigenvalue weighted by Crippen LogP contribution is -2.08. The summed E-state index contributed by atoms with van der Waals surface area (Å²) < 4.78 is 5.78. The molecule has 1 heterocycles. The number of esters is 1. The number of rotatable bonds is 3. The number of aryl methyl sites for hydroxylation is 1. The van der Waals surface area contributed by atoms with E-state index in [1.165, 1.54) is 24.2 Å². The maximum absolute atomic E-state index is 11.3. The highest BCUT2D eigenvalue weighted by atomic mass is 16.5. The van der Waals surface area contributed by atoms with Crippen LogP contribution in [0, 0.1) is 6.92 Å². The molecule has 8 heteroatoms. The molecule has 104 valence electrons. The summed E-state index contributed by atoms with van der Waals surface area (Å²) in [5, 5.41) is 13.0. The molecule has 0 aliphatic heterocycles. The SMILES string of the molecule is COC(=O)c1ncn(-c2cc(C)c(N)c(C(=O)O)c2)n1. The van der Waals surface area contributed by atoms with E-state index in [2.05, 4.69) is 14.8 Å². The van der Waals surface area contributed by atoms with Crippen LogP contribution in [-0.4, -0.2) is 38.9 Å². The fourth-order valence-electron chi connectivity index (χ4n) is 1.66. The Balaban J connectivity index is 2.50. The highest BCUT2D eigenvalue weighted by molar-refractivity contribution is 5.95. The van der Waals surface area contributed by atoms with Crippen LogP contribution in [0.5, 0.6) is 0 Å². The minimum absolute atomic E-state index is 0.0323. The molecule has 0 aliphatic rings. The van der Waals surface area contributed by atoms with E-state index in [1.54, 1.807) is 13.0 Å². The number of carboxylic acid groups (broad SMARTS) is 1. The Morgan fingerprint density at radius 3 is 2.70 bits per heavy atom. The standard InChI is InChI=1S/C12H12N4O4/c1-6-3-7(4-8(9(6)13)11(17)18)16-5-14-10(15-16)12(19)20-2/h3-5H,13H2,1-2H3,(H,17,18). The number of nitrogens with zero attached hydrogens (tertiary/aromatic N) is 3. The second kappa shape index (κ2) is 5.00. The lowest BCUT2D eigenvalue weighted by molar-refractivity contribution is 0.0586. The third-order valence-electron chi connectivity index (χ3n) is 2.73. The molecule has 0 radical (unpaired) electrons. The first-order valence-corrected chi connectivity index (χ1v) is 5.57. The summed E-state index contributed by atoms with van der Waals surface area (Å²) in [7, 11) is 1.22. The molecule has 0 saturated heterocycles. The van der Waals surface area contributed by atoms with Gasteiger partial charge in [-0.1, -0.05) is 0 Å². The summed E-state index contributed by atoms with van der Waals surface area (Å²) >= 11 is 0. The fourth-order valence-corrected chi connectivity index (χ4v) is 1.66. The van der Waals surface area contributed by atoms with Crippen LogP contribution in [-0.2, 0) is 4.74 Å². The third kappa shape index (κ3) is 2.30. The molecule has 20 heavy (non-hydrogen) atoms. The number of nitrogens with two attached hydrogens (primary N) is 1. The van der Waals surface area contributed by atoms with E-state index in [1.807, 2.05) is 0 Å². The second-order valence-corrected chi connectivity index (χ2v) is 4.03. The third-order valence-corrected chi connectivity index (χ3v) is 2.73. The maximum Gasteiger partial charge on any atom is 0.377 e. The van der Waals surface area contributed by atoms with Crippen molar-refractivity contribution in [2.75, 3.05) is 12.8 Å². The summed E-state index contributed by atoms with van der Waals surface area (Å²) in [5.74, 6) is -1.92. The van der Waals surface area contributed by atoms with Crippen LogP contribution in [0.2, 0.25) is 0 Å². The van der Waals surface area contributed by atoms with E-state index < -0.39 is 11.9 Å². The number of nitrogen functional groups attached to an aromatic ring is 1. The number of carboxylic acids is 1. The molecule has 0 unspecified atom stereocenters. The van der Waals surface area contributed by atoms with Gasteiger partial charge in [0.05, 0.1) is 18.4 Å². The minimum atomic E-state index is -1.14. The van der Waals surface area contributed by atoms with Crippen LogP contribution in [0.4, 0.5) is 5.69 Å². The van der Waals surface area contributed by atoms with Gasteiger partial charge in [0.2, 0.25) is 0 Å². The molecule has 1 aromatic carbocycles. The van der Waals surface area contributed by atoms with Crippen molar-refractivity contribution < 1.29 is 19.4 Å². The van der Waals surface area contributed by atoms with Crippen molar-refractivity contribution in [3.63, 3.8) is 0 Å². The molecule has 3 N–H and O–H groups in total. The van der Waals surface area contributed by atoms with Crippen molar-refractivity contribution >= 4 is 17.6 Å². The van der Waals surface area contributed by atoms with E-state index in [4.69, 9.17) is 10.8 Å². The Hall–Kier alpha value is -2.90. The summed E-state index contributed by atoms with van der Waals surface area (Å²) in [5.41, 5.74) is 6.90. The van der Waals surface area contributed by atoms with Crippen LogP contribution < -0.4 is 5.73 Å². The number of hydrogen-bond acceptors (Lipinski definition) is 6. The van der Waals surface area contributed by atoms with Gasteiger partial charge in [0, 0.05) is 5.69 Å². The van der Waals surface area contributed by atoms with Gasteiger partial charge in [0.15, 0.2) is 0 Å². The average molecular weight is 276 g/mol. The van der Waals surface area contributed by atoms with Crippen molar-refractivity contribution in [1.29, 1.82) is 0 Å². The van der Waals surface area contributed by atoms with Gasteiger partial charge in [-0.15, -0.1) is 5.10 Å². The highest BCUT2D eigenvalue weighted by Gasteiger charge is 2.15.